The lowest BCUT2D eigenvalue weighted by Gasteiger charge is -2.21. The van der Waals surface area contributed by atoms with E-state index in [1.807, 2.05) is 18.2 Å². The quantitative estimate of drug-likeness (QED) is 0.897. The van der Waals surface area contributed by atoms with E-state index in [4.69, 9.17) is 9.47 Å². The Morgan fingerprint density at radius 3 is 2.50 bits per heavy atom. The van der Waals surface area contributed by atoms with Gasteiger partial charge in [-0.15, -0.1) is 0 Å². The third-order valence-electron chi connectivity index (χ3n) is 5.47. The van der Waals surface area contributed by atoms with Crippen LogP contribution in [0, 0.1) is 11.8 Å². The van der Waals surface area contributed by atoms with Crippen molar-refractivity contribution in [3.05, 3.63) is 23.8 Å². The van der Waals surface area contributed by atoms with Crippen molar-refractivity contribution < 1.29 is 14.3 Å². The van der Waals surface area contributed by atoms with Gasteiger partial charge in [0.2, 0.25) is 5.91 Å². The highest BCUT2D eigenvalue weighted by molar-refractivity contribution is 5.76. The zero-order chi connectivity index (χ0) is 16.9. The van der Waals surface area contributed by atoms with Crippen molar-refractivity contribution in [3.8, 4) is 11.5 Å². The summed E-state index contributed by atoms with van der Waals surface area (Å²) in [6, 6.07) is 5.75. The van der Waals surface area contributed by atoms with Crippen molar-refractivity contribution >= 4 is 5.91 Å². The minimum absolute atomic E-state index is 0.257. The average molecular weight is 332 g/mol. The Hall–Kier alpha value is -1.75. The van der Waals surface area contributed by atoms with E-state index in [1.54, 1.807) is 14.2 Å². The summed E-state index contributed by atoms with van der Waals surface area (Å²) in [7, 11) is 3.31. The van der Waals surface area contributed by atoms with Crippen molar-refractivity contribution in [3.63, 3.8) is 0 Å². The molecule has 0 unspecified atom stereocenters. The first-order valence-electron chi connectivity index (χ1n) is 8.90. The first-order chi connectivity index (χ1) is 11.7. The molecule has 2 aliphatic rings. The Kier molecular flexibility index (Phi) is 5.61. The molecule has 1 N–H and O–H groups in total. The number of nitrogens with one attached hydrogen (secondary N) is 1. The fraction of sp³-hybridized carbons (Fsp3) is 0.632. The average Bonchev–Trinajstić information content (AvgIpc) is 2.97. The van der Waals surface area contributed by atoms with Crippen LogP contribution in [-0.2, 0) is 11.2 Å². The Morgan fingerprint density at radius 1 is 1.17 bits per heavy atom. The molecule has 2 atom stereocenters. The molecule has 132 valence electrons. The molecule has 0 radical (unpaired) electrons. The van der Waals surface area contributed by atoms with Crippen molar-refractivity contribution in [2.45, 2.75) is 25.7 Å². The van der Waals surface area contributed by atoms with Gasteiger partial charge in [0.05, 0.1) is 14.2 Å². The molecule has 2 aliphatic heterocycles. The number of hydrogen-bond acceptors (Lipinski definition) is 4. The monoisotopic (exact) mass is 332 g/mol. The summed E-state index contributed by atoms with van der Waals surface area (Å²) in [6.45, 7) is 4.04. The maximum atomic E-state index is 12.6. The molecule has 1 aromatic rings. The second-order valence-electron chi connectivity index (χ2n) is 6.81. The molecule has 24 heavy (non-hydrogen) atoms. The van der Waals surface area contributed by atoms with Crippen molar-refractivity contribution in [1.29, 1.82) is 0 Å². The van der Waals surface area contributed by atoms with Crippen LogP contribution in [0.3, 0.4) is 0 Å². The normalized spacial score (nSPS) is 23.5. The molecule has 1 amide bonds. The second-order valence-corrected chi connectivity index (χ2v) is 6.81. The van der Waals surface area contributed by atoms with Gasteiger partial charge in [-0.3, -0.25) is 4.79 Å². The standard InChI is InChI=1S/C19H28N2O3/c1-23-17-4-5-18(24-2)14(11-17)3-6-19(22)21-9-7-15-12-20-13-16(15)8-10-21/h4-5,11,15-16,20H,3,6-10,12-13H2,1-2H3/t15-,16+. The van der Waals surface area contributed by atoms with Crippen LogP contribution in [0.5, 0.6) is 11.5 Å². The number of nitrogens with zero attached hydrogens (tertiary/aromatic N) is 1. The van der Waals surface area contributed by atoms with E-state index in [0.29, 0.717) is 12.8 Å². The van der Waals surface area contributed by atoms with Crippen LogP contribution < -0.4 is 14.8 Å². The molecule has 5 nitrogen and oxygen atoms in total. The minimum Gasteiger partial charge on any atom is -0.497 e. The summed E-state index contributed by atoms with van der Waals surface area (Å²) >= 11 is 0. The van der Waals surface area contributed by atoms with Gasteiger partial charge in [-0.2, -0.15) is 0 Å². The van der Waals surface area contributed by atoms with Gasteiger partial charge in [-0.1, -0.05) is 0 Å². The highest BCUT2D eigenvalue weighted by Crippen LogP contribution is 2.28. The number of ether oxygens (including phenoxy) is 2. The van der Waals surface area contributed by atoms with Gasteiger partial charge in [-0.05, 0) is 68.0 Å². The predicted molar refractivity (Wildman–Crippen MR) is 93.5 cm³/mol. The number of benzene rings is 1. The maximum Gasteiger partial charge on any atom is 0.222 e. The molecule has 0 aliphatic carbocycles. The summed E-state index contributed by atoms with van der Waals surface area (Å²) in [6.07, 6.45) is 3.47. The number of hydrogen-bond donors (Lipinski definition) is 1. The van der Waals surface area contributed by atoms with Crippen molar-refractivity contribution in [1.82, 2.24) is 10.2 Å². The number of likely N-dealkylation sites (tertiary alicyclic amines) is 1. The summed E-state index contributed by atoms with van der Waals surface area (Å²) in [5.74, 6) is 3.38. The lowest BCUT2D eigenvalue weighted by molar-refractivity contribution is -0.131. The molecule has 0 aromatic heterocycles. The van der Waals surface area contributed by atoms with Gasteiger partial charge in [0.1, 0.15) is 11.5 Å². The van der Waals surface area contributed by atoms with Gasteiger partial charge < -0.3 is 19.7 Å². The Labute approximate surface area is 144 Å². The first-order valence-corrected chi connectivity index (χ1v) is 8.90. The zero-order valence-corrected chi connectivity index (χ0v) is 14.7. The van der Waals surface area contributed by atoms with Crippen molar-refractivity contribution in [2.75, 3.05) is 40.4 Å². The largest absolute Gasteiger partial charge is 0.497 e. The first kappa shape index (κ1) is 17.1. The fourth-order valence-electron chi connectivity index (χ4n) is 3.94. The molecule has 5 heteroatoms. The fourth-order valence-corrected chi connectivity index (χ4v) is 3.94. The number of carbonyl (C=O) groups is 1. The van der Waals surface area contributed by atoms with Gasteiger partial charge in [0.25, 0.3) is 0 Å². The minimum atomic E-state index is 0.257. The van der Waals surface area contributed by atoms with Gasteiger partial charge in [0.15, 0.2) is 0 Å². The number of fused-ring (bicyclic) bond motifs is 1. The van der Waals surface area contributed by atoms with Gasteiger partial charge in [0, 0.05) is 19.5 Å². The van der Waals surface area contributed by atoms with Crippen LogP contribution in [0.2, 0.25) is 0 Å². The smallest absolute Gasteiger partial charge is 0.222 e. The Balaban J connectivity index is 1.57. The lowest BCUT2D eigenvalue weighted by atomic mass is 9.92. The van der Waals surface area contributed by atoms with E-state index in [-0.39, 0.29) is 5.91 Å². The summed E-state index contributed by atoms with van der Waals surface area (Å²) in [5, 5.41) is 3.48. The van der Waals surface area contributed by atoms with E-state index in [9.17, 15) is 4.79 Å². The van der Waals surface area contributed by atoms with E-state index in [2.05, 4.69) is 10.2 Å². The zero-order valence-electron chi connectivity index (χ0n) is 14.7. The lowest BCUT2D eigenvalue weighted by Crippen LogP contribution is -2.32. The third-order valence-corrected chi connectivity index (χ3v) is 5.47. The molecule has 2 heterocycles. The number of carbonyl (C=O) groups excluding carboxylic acids is 1. The number of aryl methyl sites for hydroxylation is 1. The van der Waals surface area contributed by atoms with Crippen LogP contribution in [0.4, 0.5) is 0 Å². The number of methoxy groups -OCH3 is 2. The molecule has 0 spiro atoms. The van der Waals surface area contributed by atoms with Gasteiger partial charge in [-0.25, -0.2) is 0 Å². The third kappa shape index (κ3) is 3.83. The number of rotatable bonds is 5. The van der Waals surface area contributed by atoms with Crippen LogP contribution in [0.15, 0.2) is 18.2 Å². The van der Waals surface area contributed by atoms with Crippen LogP contribution in [0.1, 0.15) is 24.8 Å². The molecule has 2 fully saturated rings. The highest BCUT2D eigenvalue weighted by atomic mass is 16.5. The summed E-state index contributed by atoms with van der Waals surface area (Å²) < 4.78 is 10.7. The molecule has 0 saturated carbocycles. The van der Waals surface area contributed by atoms with Gasteiger partial charge >= 0.3 is 0 Å². The SMILES string of the molecule is COc1ccc(OC)c(CCC(=O)N2CC[C@@H]3CNC[C@@H]3CC2)c1. The molecule has 0 bridgehead atoms. The second kappa shape index (κ2) is 7.88. The van der Waals surface area contributed by atoms with Crippen molar-refractivity contribution in [2.24, 2.45) is 11.8 Å². The van der Waals surface area contributed by atoms with E-state index in [0.717, 1.165) is 67.9 Å². The highest BCUT2D eigenvalue weighted by Gasteiger charge is 2.31. The topological polar surface area (TPSA) is 50.8 Å². The predicted octanol–water partition coefficient (Wildman–Crippen LogP) is 2.09. The Bertz CT molecular complexity index is 562. The number of amides is 1. The molecular formula is C19H28N2O3. The van der Waals surface area contributed by atoms with E-state index >= 15 is 0 Å². The summed E-state index contributed by atoms with van der Waals surface area (Å²) in [4.78, 5) is 14.7. The van der Waals surface area contributed by atoms with Crippen LogP contribution in [-0.4, -0.2) is 51.2 Å². The molecular weight excluding hydrogens is 304 g/mol. The molecule has 2 saturated heterocycles. The van der Waals surface area contributed by atoms with Crippen LogP contribution >= 0.6 is 0 Å². The Morgan fingerprint density at radius 2 is 1.88 bits per heavy atom. The van der Waals surface area contributed by atoms with Crippen LogP contribution in [0.25, 0.3) is 0 Å². The molecule has 1 aromatic carbocycles. The van der Waals surface area contributed by atoms with E-state index < -0.39 is 0 Å². The van der Waals surface area contributed by atoms with E-state index in [1.165, 1.54) is 0 Å². The summed E-state index contributed by atoms with van der Waals surface area (Å²) in [5.41, 5.74) is 1.03. The molecule has 3 rings (SSSR count). The maximum absolute atomic E-state index is 12.6.